The smallest absolute Gasteiger partial charge is 0.253 e. The van der Waals surface area contributed by atoms with Crippen molar-refractivity contribution in [2.24, 2.45) is 0 Å². The molecule has 3 rings (SSSR count). The van der Waals surface area contributed by atoms with Crippen molar-refractivity contribution < 1.29 is 13.9 Å². The zero-order chi connectivity index (χ0) is 17.5. The Morgan fingerprint density at radius 2 is 1.68 bits per heavy atom. The van der Waals surface area contributed by atoms with E-state index in [4.69, 9.17) is 13.9 Å². The lowest BCUT2D eigenvalue weighted by Gasteiger charge is -2.14. The minimum atomic E-state index is 0.105. The van der Waals surface area contributed by atoms with Crippen molar-refractivity contribution in [1.82, 2.24) is 10.2 Å². The normalized spacial score (nSPS) is 10.7. The summed E-state index contributed by atoms with van der Waals surface area (Å²) in [7, 11) is 0. The summed E-state index contributed by atoms with van der Waals surface area (Å²) >= 11 is 0. The molecule has 0 unspecified atom stereocenters. The van der Waals surface area contributed by atoms with Crippen molar-refractivity contribution in [3.63, 3.8) is 0 Å². The molecule has 0 radical (unpaired) electrons. The maximum Gasteiger partial charge on any atom is 0.253 e. The van der Waals surface area contributed by atoms with Gasteiger partial charge in [0.1, 0.15) is 11.5 Å². The van der Waals surface area contributed by atoms with Gasteiger partial charge in [-0.25, -0.2) is 0 Å². The number of hydrogen-bond donors (Lipinski definition) is 1. The van der Waals surface area contributed by atoms with Gasteiger partial charge < -0.3 is 19.2 Å². The van der Waals surface area contributed by atoms with E-state index in [0.29, 0.717) is 18.3 Å². The SMILES string of the molecule is CC(C)Oc1ccccc1NCc1nnc(COc2ccccc2)o1. The number of ether oxygens (including phenoxy) is 2. The van der Waals surface area contributed by atoms with Crippen LogP contribution in [0.25, 0.3) is 0 Å². The predicted octanol–water partition coefficient (Wildman–Crippen LogP) is 4.05. The molecule has 0 fully saturated rings. The van der Waals surface area contributed by atoms with Crippen molar-refractivity contribution in [1.29, 1.82) is 0 Å². The van der Waals surface area contributed by atoms with E-state index in [1.807, 2.05) is 68.4 Å². The molecule has 25 heavy (non-hydrogen) atoms. The first-order valence-corrected chi connectivity index (χ1v) is 8.19. The molecule has 3 aromatic rings. The Morgan fingerprint density at radius 1 is 0.960 bits per heavy atom. The molecular formula is C19H21N3O3. The van der Waals surface area contributed by atoms with Crippen molar-refractivity contribution >= 4 is 5.69 Å². The molecule has 0 aliphatic carbocycles. The first-order valence-electron chi connectivity index (χ1n) is 8.19. The number of anilines is 1. The highest BCUT2D eigenvalue weighted by Crippen LogP contribution is 2.25. The molecule has 0 saturated carbocycles. The molecule has 0 aliphatic rings. The van der Waals surface area contributed by atoms with Gasteiger partial charge in [0.25, 0.3) is 5.89 Å². The lowest BCUT2D eigenvalue weighted by molar-refractivity contribution is 0.243. The molecule has 2 aromatic carbocycles. The first-order chi connectivity index (χ1) is 12.2. The lowest BCUT2D eigenvalue weighted by Crippen LogP contribution is -2.08. The van der Waals surface area contributed by atoms with Crippen LogP contribution in [0.4, 0.5) is 5.69 Å². The average molecular weight is 339 g/mol. The van der Waals surface area contributed by atoms with Gasteiger partial charge >= 0.3 is 0 Å². The van der Waals surface area contributed by atoms with Crippen LogP contribution in [0.2, 0.25) is 0 Å². The van der Waals surface area contributed by atoms with Crippen molar-refractivity contribution in [2.45, 2.75) is 33.1 Å². The molecule has 0 saturated heterocycles. The van der Waals surface area contributed by atoms with E-state index in [-0.39, 0.29) is 12.7 Å². The highest BCUT2D eigenvalue weighted by molar-refractivity contribution is 5.56. The van der Waals surface area contributed by atoms with Crippen molar-refractivity contribution in [3.05, 3.63) is 66.4 Å². The van der Waals surface area contributed by atoms with E-state index < -0.39 is 0 Å². The Kier molecular flexibility index (Phi) is 5.51. The molecule has 1 heterocycles. The van der Waals surface area contributed by atoms with E-state index in [1.54, 1.807) is 0 Å². The fourth-order valence-corrected chi connectivity index (χ4v) is 2.22. The van der Waals surface area contributed by atoms with Crippen LogP contribution in [0, 0.1) is 0 Å². The van der Waals surface area contributed by atoms with Crippen molar-refractivity contribution in [2.75, 3.05) is 5.32 Å². The molecule has 0 bridgehead atoms. The third-order valence-corrected chi connectivity index (χ3v) is 3.29. The summed E-state index contributed by atoms with van der Waals surface area (Å²) in [6.45, 7) is 4.64. The van der Waals surface area contributed by atoms with Gasteiger partial charge in [0.2, 0.25) is 5.89 Å². The molecule has 0 atom stereocenters. The molecule has 6 heteroatoms. The number of nitrogens with zero attached hydrogens (tertiary/aromatic N) is 2. The van der Waals surface area contributed by atoms with Crippen LogP contribution in [0.3, 0.4) is 0 Å². The molecular weight excluding hydrogens is 318 g/mol. The van der Waals surface area contributed by atoms with Gasteiger partial charge in [-0.15, -0.1) is 10.2 Å². The largest absolute Gasteiger partial charge is 0.489 e. The summed E-state index contributed by atoms with van der Waals surface area (Å²) in [6, 6.07) is 17.3. The highest BCUT2D eigenvalue weighted by atomic mass is 16.5. The maximum atomic E-state index is 5.78. The van der Waals surface area contributed by atoms with Gasteiger partial charge in [0.15, 0.2) is 6.61 Å². The number of benzene rings is 2. The third-order valence-electron chi connectivity index (χ3n) is 3.29. The zero-order valence-corrected chi connectivity index (χ0v) is 14.3. The van der Waals surface area contributed by atoms with E-state index >= 15 is 0 Å². The minimum Gasteiger partial charge on any atom is -0.489 e. The Hall–Kier alpha value is -3.02. The molecule has 1 aromatic heterocycles. The predicted molar refractivity (Wildman–Crippen MR) is 94.6 cm³/mol. The number of nitrogens with one attached hydrogen (secondary N) is 1. The van der Waals surface area contributed by atoms with Crippen LogP contribution < -0.4 is 14.8 Å². The minimum absolute atomic E-state index is 0.105. The van der Waals surface area contributed by atoms with Gasteiger partial charge in [0, 0.05) is 0 Å². The average Bonchev–Trinajstić information content (AvgIpc) is 3.08. The Balaban J connectivity index is 1.55. The topological polar surface area (TPSA) is 69.4 Å². The van der Waals surface area contributed by atoms with Gasteiger partial charge in [0.05, 0.1) is 18.3 Å². The quantitative estimate of drug-likeness (QED) is 0.668. The van der Waals surface area contributed by atoms with Gasteiger partial charge in [-0.3, -0.25) is 0 Å². The van der Waals surface area contributed by atoms with Crippen LogP contribution in [0.15, 0.2) is 59.0 Å². The molecule has 0 aliphatic heterocycles. The second-order valence-electron chi connectivity index (χ2n) is 5.71. The van der Waals surface area contributed by atoms with E-state index in [0.717, 1.165) is 17.2 Å². The van der Waals surface area contributed by atoms with Gasteiger partial charge in [-0.1, -0.05) is 30.3 Å². The Bertz CT molecular complexity index is 787. The van der Waals surface area contributed by atoms with Crippen LogP contribution >= 0.6 is 0 Å². The molecule has 1 N–H and O–H groups in total. The summed E-state index contributed by atoms with van der Waals surface area (Å²) in [4.78, 5) is 0. The van der Waals surface area contributed by atoms with Crippen LogP contribution in [0.1, 0.15) is 25.6 Å². The lowest BCUT2D eigenvalue weighted by atomic mass is 10.3. The Labute approximate surface area is 146 Å². The van der Waals surface area contributed by atoms with Gasteiger partial charge in [-0.2, -0.15) is 0 Å². The fourth-order valence-electron chi connectivity index (χ4n) is 2.22. The summed E-state index contributed by atoms with van der Waals surface area (Å²) < 4.78 is 17.0. The highest BCUT2D eigenvalue weighted by Gasteiger charge is 2.09. The maximum absolute atomic E-state index is 5.78. The fraction of sp³-hybridized carbons (Fsp3) is 0.263. The monoisotopic (exact) mass is 339 g/mol. The van der Waals surface area contributed by atoms with E-state index in [9.17, 15) is 0 Å². The number of para-hydroxylation sites is 3. The third kappa shape index (κ3) is 4.97. The van der Waals surface area contributed by atoms with Crippen LogP contribution in [0.5, 0.6) is 11.5 Å². The van der Waals surface area contributed by atoms with E-state index in [1.165, 1.54) is 0 Å². The molecule has 6 nitrogen and oxygen atoms in total. The summed E-state index contributed by atoms with van der Waals surface area (Å²) in [5.41, 5.74) is 0.886. The standard InChI is InChI=1S/C19H21N3O3/c1-14(2)24-17-11-7-6-10-16(17)20-12-18-21-22-19(25-18)13-23-15-8-4-3-5-9-15/h3-11,14,20H,12-13H2,1-2H3. The summed E-state index contributed by atoms with van der Waals surface area (Å²) in [6.07, 6.45) is 0.105. The summed E-state index contributed by atoms with van der Waals surface area (Å²) in [5.74, 6) is 2.49. The van der Waals surface area contributed by atoms with Crippen molar-refractivity contribution in [3.8, 4) is 11.5 Å². The number of rotatable bonds is 8. The second-order valence-corrected chi connectivity index (χ2v) is 5.71. The van der Waals surface area contributed by atoms with Gasteiger partial charge in [-0.05, 0) is 38.1 Å². The molecule has 0 amide bonds. The van der Waals surface area contributed by atoms with E-state index in [2.05, 4.69) is 15.5 Å². The number of aromatic nitrogens is 2. The Morgan fingerprint density at radius 3 is 2.48 bits per heavy atom. The number of hydrogen-bond acceptors (Lipinski definition) is 6. The molecule has 130 valence electrons. The van der Waals surface area contributed by atoms with Crippen LogP contribution in [-0.2, 0) is 13.2 Å². The first kappa shape index (κ1) is 16.8. The summed E-state index contributed by atoms with van der Waals surface area (Å²) in [5, 5.41) is 11.3. The van der Waals surface area contributed by atoms with Crippen LogP contribution in [-0.4, -0.2) is 16.3 Å². The second kappa shape index (κ2) is 8.19. The zero-order valence-electron chi connectivity index (χ0n) is 14.3. The molecule has 0 spiro atoms.